The van der Waals surface area contributed by atoms with Crippen LogP contribution >= 0.6 is 43.2 Å². The fraction of sp³-hybridized carbons (Fsp3) is 0. The molecule has 1 aromatic heterocycles. The second kappa shape index (κ2) is 5.68. The number of halogens is 2. The minimum atomic E-state index is -0.0790. The van der Waals surface area contributed by atoms with E-state index in [0.717, 1.165) is 24.7 Å². The van der Waals surface area contributed by atoms with Crippen LogP contribution in [0.4, 0.5) is 5.69 Å². The number of hydrogen-bond donors (Lipinski definition) is 1. The number of amides is 1. The lowest BCUT2D eigenvalue weighted by Gasteiger charge is -2.02. The maximum absolute atomic E-state index is 12.2. The molecule has 0 atom stereocenters. The van der Waals surface area contributed by atoms with Crippen LogP contribution in [-0.4, -0.2) is 5.91 Å². The molecule has 100 valence electrons. The largest absolute Gasteiger partial charge is 0.321 e. The molecule has 1 heterocycles. The standard InChI is InChI=1S/C15H9Br2NOS/c16-10-3-5-12(6-4-10)18-15(19)14-7-9-1-2-11(17)8-13(9)20-14/h1-8H,(H,18,19). The monoisotopic (exact) mass is 409 g/mol. The Kier molecular flexibility index (Phi) is 3.92. The molecule has 20 heavy (non-hydrogen) atoms. The number of carbonyl (C=O) groups is 1. The van der Waals surface area contributed by atoms with Crippen molar-refractivity contribution >= 4 is 64.9 Å². The Morgan fingerprint density at radius 3 is 2.40 bits per heavy atom. The average molecular weight is 411 g/mol. The summed E-state index contributed by atoms with van der Waals surface area (Å²) in [7, 11) is 0. The fourth-order valence-electron chi connectivity index (χ4n) is 1.84. The van der Waals surface area contributed by atoms with E-state index < -0.39 is 0 Å². The smallest absolute Gasteiger partial charge is 0.265 e. The maximum Gasteiger partial charge on any atom is 0.265 e. The van der Waals surface area contributed by atoms with Crippen molar-refractivity contribution in [2.45, 2.75) is 0 Å². The van der Waals surface area contributed by atoms with Gasteiger partial charge < -0.3 is 5.32 Å². The molecule has 0 spiro atoms. The third-order valence-corrected chi connectivity index (χ3v) is 4.93. The van der Waals surface area contributed by atoms with Gasteiger partial charge in [0.25, 0.3) is 5.91 Å². The highest BCUT2D eigenvalue weighted by Gasteiger charge is 2.10. The van der Waals surface area contributed by atoms with E-state index >= 15 is 0 Å². The molecule has 0 radical (unpaired) electrons. The minimum absolute atomic E-state index is 0.0790. The average Bonchev–Trinajstić information content (AvgIpc) is 2.84. The van der Waals surface area contributed by atoms with Crippen LogP contribution in [0.5, 0.6) is 0 Å². The number of rotatable bonds is 2. The Hall–Kier alpha value is -1.17. The van der Waals surface area contributed by atoms with Gasteiger partial charge in [-0.15, -0.1) is 11.3 Å². The van der Waals surface area contributed by atoms with E-state index in [1.807, 2.05) is 48.5 Å². The predicted molar refractivity (Wildman–Crippen MR) is 91.6 cm³/mol. The summed E-state index contributed by atoms with van der Waals surface area (Å²) in [5.74, 6) is -0.0790. The first-order valence-electron chi connectivity index (χ1n) is 5.88. The number of fused-ring (bicyclic) bond motifs is 1. The molecule has 1 N–H and O–H groups in total. The van der Waals surface area contributed by atoms with E-state index in [2.05, 4.69) is 37.2 Å². The lowest BCUT2D eigenvalue weighted by atomic mass is 10.2. The quantitative estimate of drug-likeness (QED) is 0.578. The Labute approximate surface area is 137 Å². The Morgan fingerprint density at radius 1 is 0.950 bits per heavy atom. The van der Waals surface area contributed by atoms with Crippen molar-refractivity contribution < 1.29 is 4.79 Å². The van der Waals surface area contributed by atoms with Crippen LogP contribution in [0.15, 0.2) is 57.5 Å². The van der Waals surface area contributed by atoms with Gasteiger partial charge in [0.15, 0.2) is 0 Å². The molecule has 0 aliphatic rings. The van der Waals surface area contributed by atoms with Crippen LogP contribution in [0.1, 0.15) is 9.67 Å². The number of benzene rings is 2. The van der Waals surface area contributed by atoms with Crippen molar-refractivity contribution in [1.82, 2.24) is 0 Å². The van der Waals surface area contributed by atoms with Crippen molar-refractivity contribution in [1.29, 1.82) is 0 Å². The molecular weight excluding hydrogens is 402 g/mol. The molecule has 3 aromatic rings. The summed E-state index contributed by atoms with van der Waals surface area (Å²) in [6, 6.07) is 15.5. The lowest BCUT2D eigenvalue weighted by molar-refractivity contribution is 0.103. The number of anilines is 1. The zero-order valence-electron chi connectivity index (χ0n) is 10.2. The maximum atomic E-state index is 12.2. The summed E-state index contributed by atoms with van der Waals surface area (Å²) in [5.41, 5.74) is 0.789. The molecule has 1 amide bonds. The van der Waals surface area contributed by atoms with Gasteiger partial charge in [-0.05, 0) is 47.9 Å². The number of hydrogen-bond acceptors (Lipinski definition) is 2. The molecular formula is C15H9Br2NOS. The normalized spacial score (nSPS) is 10.7. The summed E-state index contributed by atoms with van der Waals surface area (Å²) in [5, 5.41) is 3.98. The number of nitrogens with one attached hydrogen (secondary N) is 1. The molecule has 0 aliphatic heterocycles. The van der Waals surface area contributed by atoms with E-state index in [0.29, 0.717) is 4.88 Å². The minimum Gasteiger partial charge on any atom is -0.321 e. The summed E-state index contributed by atoms with van der Waals surface area (Å²) in [4.78, 5) is 12.9. The highest BCUT2D eigenvalue weighted by atomic mass is 79.9. The number of carbonyl (C=O) groups excluding carboxylic acids is 1. The van der Waals surface area contributed by atoms with Gasteiger partial charge in [0.1, 0.15) is 0 Å². The molecule has 0 aliphatic carbocycles. The van der Waals surface area contributed by atoms with Gasteiger partial charge >= 0.3 is 0 Å². The SMILES string of the molecule is O=C(Nc1ccc(Br)cc1)c1cc2ccc(Br)cc2s1. The first-order chi connectivity index (χ1) is 9.61. The summed E-state index contributed by atoms with van der Waals surface area (Å²) >= 11 is 8.30. The molecule has 3 rings (SSSR count). The van der Waals surface area contributed by atoms with Crippen molar-refractivity contribution in [3.8, 4) is 0 Å². The lowest BCUT2D eigenvalue weighted by Crippen LogP contribution is -2.09. The van der Waals surface area contributed by atoms with E-state index in [-0.39, 0.29) is 5.91 Å². The Morgan fingerprint density at radius 2 is 1.65 bits per heavy atom. The fourth-order valence-corrected chi connectivity index (χ4v) is 3.62. The molecule has 0 fully saturated rings. The molecule has 0 saturated carbocycles. The topological polar surface area (TPSA) is 29.1 Å². The molecule has 0 saturated heterocycles. The summed E-state index contributed by atoms with van der Waals surface area (Å²) in [6.07, 6.45) is 0. The Balaban J connectivity index is 1.86. The van der Waals surface area contributed by atoms with Gasteiger partial charge in [0.2, 0.25) is 0 Å². The third-order valence-electron chi connectivity index (χ3n) is 2.81. The van der Waals surface area contributed by atoms with Crippen LogP contribution < -0.4 is 5.32 Å². The molecule has 2 aromatic carbocycles. The zero-order chi connectivity index (χ0) is 14.1. The van der Waals surface area contributed by atoms with Crippen molar-refractivity contribution in [2.24, 2.45) is 0 Å². The first kappa shape index (κ1) is 13.8. The second-order valence-corrected chi connectivity index (χ2v) is 7.17. The first-order valence-corrected chi connectivity index (χ1v) is 8.28. The van der Waals surface area contributed by atoms with Crippen LogP contribution in [-0.2, 0) is 0 Å². The Bertz CT molecular complexity index is 780. The van der Waals surface area contributed by atoms with E-state index in [1.165, 1.54) is 11.3 Å². The molecule has 0 bridgehead atoms. The van der Waals surface area contributed by atoms with Gasteiger partial charge in [0, 0.05) is 19.3 Å². The van der Waals surface area contributed by atoms with E-state index in [1.54, 1.807) is 0 Å². The van der Waals surface area contributed by atoms with Gasteiger partial charge in [-0.3, -0.25) is 4.79 Å². The molecule has 5 heteroatoms. The van der Waals surface area contributed by atoms with Crippen molar-refractivity contribution in [2.75, 3.05) is 5.32 Å². The predicted octanol–water partition coefficient (Wildman–Crippen LogP) is 5.68. The van der Waals surface area contributed by atoms with Crippen LogP contribution in [0.25, 0.3) is 10.1 Å². The highest BCUT2D eigenvalue weighted by Crippen LogP contribution is 2.29. The van der Waals surface area contributed by atoms with Gasteiger partial charge in [-0.2, -0.15) is 0 Å². The summed E-state index contributed by atoms with van der Waals surface area (Å²) in [6.45, 7) is 0. The summed E-state index contributed by atoms with van der Waals surface area (Å²) < 4.78 is 3.11. The number of thiophene rings is 1. The van der Waals surface area contributed by atoms with E-state index in [9.17, 15) is 4.79 Å². The molecule has 2 nitrogen and oxygen atoms in total. The van der Waals surface area contributed by atoms with Crippen LogP contribution in [0.3, 0.4) is 0 Å². The van der Waals surface area contributed by atoms with E-state index in [4.69, 9.17) is 0 Å². The van der Waals surface area contributed by atoms with Crippen molar-refractivity contribution in [3.05, 3.63) is 62.4 Å². The van der Waals surface area contributed by atoms with Crippen LogP contribution in [0, 0.1) is 0 Å². The van der Waals surface area contributed by atoms with Gasteiger partial charge in [-0.1, -0.05) is 37.9 Å². The van der Waals surface area contributed by atoms with Crippen LogP contribution in [0.2, 0.25) is 0 Å². The van der Waals surface area contributed by atoms with Gasteiger partial charge in [-0.25, -0.2) is 0 Å². The molecule has 0 unspecified atom stereocenters. The highest BCUT2D eigenvalue weighted by molar-refractivity contribution is 9.10. The second-order valence-electron chi connectivity index (χ2n) is 4.25. The van der Waals surface area contributed by atoms with Crippen molar-refractivity contribution in [3.63, 3.8) is 0 Å². The third kappa shape index (κ3) is 2.95. The van der Waals surface area contributed by atoms with Gasteiger partial charge in [0.05, 0.1) is 4.88 Å². The zero-order valence-corrected chi connectivity index (χ0v) is 14.2.